The first-order valence-electron chi connectivity index (χ1n) is 7.62. The summed E-state index contributed by atoms with van der Waals surface area (Å²) in [7, 11) is 0. The molecule has 2 heterocycles. The zero-order chi connectivity index (χ0) is 14.7. The smallest absolute Gasteiger partial charge is 0.238 e. The van der Waals surface area contributed by atoms with Crippen LogP contribution in [0.15, 0.2) is 30.3 Å². The SMILES string of the molecule is CC1CC(NC(=O)C2CSCN2)CN1Cc1ccccc1. The lowest BCUT2D eigenvalue weighted by molar-refractivity contribution is -0.123. The molecule has 2 aliphatic heterocycles. The van der Waals surface area contributed by atoms with Crippen molar-refractivity contribution in [3.05, 3.63) is 35.9 Å². The van der Waals surface area contributed by atoms with Gasteiger partial charge in [-0.3, -0.25) is 15.0 Å². The van der Waals surface area contributed by atoms with Gasteiger partial charge in [0.2, 0.25) is 5.91 Å². The minimum absolute atomic E-state index is 0.00604. The van der Waals surface area contributed by atoms with Gasteiger partial charge in [0.15, 0.2) is 0 Å². The van der Waals surface area contributed by atoms with E-state index in [1.54, 1.807) is 11.8 Å². The van der Waals surface area contributed by atoms with Crippen molar-refractivity contribution >= 4 is 17.7 Å². The van der Waals surface area contributed by atoms with Crippen molar-refractivity contribution in [2.45, 2.75) is 38.0 Å². The molecule has 0 radical (unpaired) electrons. The molecule has 2 aliphatic rings. The van der Waals surface area contributed by atoms with E-state index in [1.165, 1.54) is 5.56 Å². The Morgan fingerprint density at radius 1 is 1.43 bits per heavy atom. The molecule has 4 nitrogen and oxygen atoms in total. The number of benzene rings is 1. The predicted octanol–water partition coefficient (Wildman–Crippen LogP) is 1.43. The van der Waals surface area contributed by atoms with Crippen molar-refractivity contribution in [3.63, 3.8) is 0 Å². The molecule has 1 aromatic rings. The van der Waals surface area contributed by atoms with Gasteiger partial charge in [-0.2, -0.15) is 0 Å². The fourth-order valence-electron chi connectivity index (χ4n) is 3.11. The van der Waals surface area contributed by atoms with Crippen LogP contribution < -0.4 is 10.6 Å². The van der Waals surface area contributed by atoms with Crippen molar-refractivity contribution in [1.29, 1.82) is 0 Å². The lowest BCUT2D eigenvalue weighted by Gasteiger charge is -2.21. The number of hydrogen-bond acceptors (Lipinski definition) is 4. The number of nitrogens with zero attached hydrogens (tertiary/aromatic N) is 1. The molecule has 5 heteroatoms. The maximum Gasteiger partial charge on any atom is 0.238 e. The molecule has 2 saturated heterocycles. The van der Waals surface area contributed by atoms with Crippen LogP contribution in [0.1, 0.15) is 18.9 Å². The second-order valence-electron chi connectivity index (χ2n) is 5.98. The Bertz CT molecular complexity index is 476. The average molecular weight is 305 g/mol. The maximum absolute atomic E-state index is 12.2. The molecule has 1 amide bonds. The van der Waals surface area contributed by atoms with Gasteiger partial charge in [-0.15, -0.1) is 11.8 Å². The normalized spacial score (nSPS) is 29.7. The number of carbonyl (C=O) groups is 1. The summed E-state index contributed by atoms with van der Waals surface area (Å²) in [5, 5.41) is 6.44. The molecular weight excluding hydrogens is 282 g/mol. The molecule has 3 atom stereocenters. The minimum Gasteiger partial charge on any atom is -0.351 e. The van der Waals surface area contributed by atoms with E-state index >= 15 is 0 Å². The maximum atomic E-state index is 12.2. The number of nitrogens with one attached hydrogen (secondary N) is 2. The summed E-state index contributed by atoms with van der Waals surface area (Å²) in [5.74, 6) is 1.94. The summed E-state index contributed by atoms with van der Waals surface area (Å²) in [6.07, 6.45) is 1.04. The Labute approximate surface area is 130 Å². The van der Waals surface area contributed by atoms with E-state index in [4.69, 9.17) is 0 Å². The highest BCUT2D eigenvalue weighted by Crippen LogP contribution is 2.20. The van der Waals surface area contributed by atoms with Crippen molar-refractivity contribution in [2.24, 2.45) is 0 Å². The van der Waals surface area contributed by atoms with Gasteiger partial charge in [0.05, 0.1) is 6.04 Å². The van der Waals surface area contributed by atoms with Gasteiger partial charge in [-0.05, 0) is 18.9 Å². The van der Waals surface area contributed by atoms with Gasteiger partial charge in [-0.1, -0.05) is 30.3 Å². The molecule has 3 rings (SSSR count). The number of likely N-dealkylation sites (tertiary alicyclic amines) is 1. The Morgan fingerprint density at radius 2 is 2.24 bits per heavy atom. The van der Waals surface area contributed by atoms with Crippen molar-refractivity contribution < 1.29 is 4.79 Å². The summed E-state index contributed by atoms with van der Waals surface area (Å²) in [6, 6.07) is 11.3. The highest BCUT2D eigenvalue weighted by molar-refractivity contribution is 7.99. The van der Waals surface area contributed by atoms with E-state index in [0.29, 0.717) is 6.04 Å². The van der Waals surface area contributed by atoms with Gasteiger partial charge in [0, 0.05) is 36.8 Å². The van der Waals surface area contributed by atoms with E-state index < -0.39 is 0 Å². The van der Waals surface area contributed by atoms with Crippen LogP contribution in [0.2, 0.25) is 0 Å². The topological polar surface area (TPSA) is 44.4 Å². The van der Waals surface area contributed by atoms with Crippen LogP contribution in [0.4, 0.5) is 0 Å². The second kappa shape index (κ2) is 6.81. The van der Waals surface area contributed by atoms with Crippen LogP contribution in [0.3, 0.4) is 0 Å². The number of rotatable bonds is 4. The van der Waals surface area contributed by atoms with Crippen molar-refractivity contribution in [3.8, 4) is 0 Å². The summed E-state index contributed by atoms with van der Waals surface area (Å²) >= 11 is 1.79. The van der Waals surface area contributed by atoms with E-state index in [0.717, 1.165) is 31.1 Å². The van der Waals surface area contributed by atoms with Gasteiger partial charge < -0.3 is 5.32 Å². The van der Waals surface area contributed by atoms with Crippen LogP contribution in [0.25, 0.3) is 0 Å². The first kappa shape index (κ1) is 14.9. The number of hydrogen-bond donors (Lipinski definition) is 2. The Morgan fingerprint density at radius 3 is 2.95 bits per heavy atom. The Balaban J connectivity index is 1.52. The first-order chi connectivity index (χ1) is 10.2. The minimum atomic E-state index is -0.00604. The number of carbonyl (C=O) groups excluding carboxylic acids is 1. The lowest BCUT2D eigenvalue weighted by atomic mass is 10.1. The molecule has 21 heavy (non-hydrogen) atoms. The largest absolute Gasteiger partial charge is 0.351 e. The molecule has 0 bridgehead atoms. The zero-order valence-corrected chi connectivity index (χ0v) is 13.2. The lowest BCUT2D eigenvalue weighted by Crippen LogP contribution is -2.47. The highest BCUT2D eigenvalue weighted by atomic mass is 32.2. The Hall–Kier alpha value is -1.04. The Kier molecular flexibility index (Phi) is 4.83. The van der Waals surface area contributed by atoms with Crippen LogP contribution >= 0.6 is 11.8 Å². The molecule has 0 aliphatic carbocycles. The number of amides is 1. The van der Waals surface area contributed by atoms with Gasteiger partial charge in [0.1, 0.15) is 0 Å². The van der Waals surface area contributed by atoms with Gasteiger partial charge >= 0.3 is 0 Å². The van der Waals surface area contributed by atoms with E-state index in [9.17, 15) is 4.79 Å². The van der Waals surface area contributed by atoms with E-state index in [-0.39, 0.29) is 18.0 Å². The number of thioether (sulfide) groups is 1. The van der Waals surface area contributed by atoms with Crippen molar-refractivity contribution in [2.75, 3.05) is 18.2 Å². The molecule has 0 spiro atoms. The zero-order valence-electron chi connectivity index (χ0n) is 12.4. The predicted molar refractivity (Wildman–Crippen MR) is 87.1 cm³/mol. The van der Waals surface area contributed by atoms with Gasteiger partial charge in [0.25, 0.3) is 0 Å². The third-order valence-electron chi connectivity index (χ3n) is 4.31. The summed E-state index contributed by atoms with van der Waals surface area (Å²) in [4.78, 5) is 14.6. The second-order valence-corrected chi connectivity index (χ2v) is 7.01. The quantitative estimate of drug-likeness (QED) is 0.883. The summed E-state index contributed by atoms with van der Waals surface area (Å²) in [6.45, 7) is 4.16. The molecule has 0 saturated carbocycles. The molecule has 1 aromatic carbocycles. The molecule has 2 fully saturated rings. The first-order valence-corrected chi connectivity index (χ1v) is 8.77. The molecule has 3 unspecified atom stereocenters. The van der Waals surface area contributed by atoms with Crippen molar-refractivity contribution in [1.82, 2.24) is 15.5 Å². The van der Waals surface area contributed by atoms with Gasteiger partial charge in [-0.25, -0.2) is 0 Å². The summed E-state index contributed by atoms with van der Waals surface area (Å²) < 4.78 is 0. The van der Waals surface area contributed by atoms with E-state index in [1.807, 2.05) is 6.07 Å². The monoisotopic (exact) mass is 305 g/mol. The van der Waals surface area contributed by atoms with Crippen LogP contribution in [0, 0.1) is 0 Å². The van der Waals surface area contributed by atoms with Crippen LogP contribution in [0.5, 0.6) is 0 Å². The molecule has 2 N–H and O–H groups in total. The van der Waals surface area contributed by atoms with Crippen LogP contribution in [-0.4, -0.2) is 47.1 Å². The molecular formula is C16H23N3OS. The average Bonchev–Trinajstić information content (AvgIpc) is 3.11. The standard InChI is InChI=1S/C16H23N3OS/c1-12-7-14(18-16(20)15-10-21-11-17-15)9-19(12)8-13-5-3-2-4-6-13/h2-6,12,14-15,17H,7-11H2,1H3,(H,18,20). The fourth-order valence-corrected chi connectivity index (χ4v) is 4.05. The third kappa shape index (κ3) is 3.78. The highest BCUT2D eigenvalue weighted by Gasteiger charge is 2.32. The fraction of sp³-hybridized carbons (Fsp3) is 0.562. The molecule has 114 valence electrons. The summed E-state index contributed by atoms with van der Waals surface area (Å²) in [5.41, 5.74) is 1.34. The molecule has 0 aromatic heterocycles. The van der Waals surface area contributed by atoms with Crippen LogP contribution in [-0.2, 0) is 11.3 Å². The third-order valence-corrected chi connectivity index (χ3v) is 5.25. The van der Waals surface area contributed by atoms with E-state index in [2.05, 4.69) is 46.7 Å².